The molecule has 0 spiro atoms. The van der Waals surface area contributed by atoms with E-state index < -0.39 is 0 Å². The molecule has 113 valence electrons. The normalized spacial score (nSPS) is 13.5. The van der Waals surface area contributed by atoms with Crippen LogP contribution in [0.1, 0.15) is 30.5 Å². The zero-order valence-corrected chi connectivity index (χ0v) is 13.9. The maximum Gasteiger partial charge on any atom is 0.0167 e. The van der Waals surface area contributed by atoms with Crippen molar-refractivity contribution in [1.82, 2.24) is 0 Å². The van der Waals surface area contributed by atoms with E-state index in [2.05, 4.69) is 87.9 Å². The average molecular weight is 297 g/mol. The summed E-state index contributed by atoms with van der Waals surface area (Å²) in [4.78, 5) is 0. The van der Waals surface area contributed by atoms with Crippen molar-refractivity contribution < 1.29 is 0 Å². The third kappa shape index (κ3) is 2.30. The molecular weight excluding hydrogens is 276 g/mol. The Morgan fingerprint density at radius 2 is 1.48 bits per heavy atom. The summed E-state index contributed by atoms with van der Waals surface area (Å²) >= 11 is 0. The minimum absolute atomic E-state index is 0.560. The fourth-order valence-electron chi connectivity index (χ4n) is 3.58. The van der Waals surface area contributed by atoms with Crippen molar-refractivity contribution in [2.24, 2.45) is 5.92 Å². The quantitative estimate of drug-likeness (QED) is 0.512. The molecule has 0 saturated carbocycles. The van der Waals surface area contributed by atoms with Gasteiger partial charge >= 0.3 is 0 Å². The molecule has 0 N–H and O–H groups in total. The van der Waals surface area contributed by atoms with E-state index in [1.165, 1.54) is 44.2 Å². The number of fused-ring (bicyclic) bond motifs is 2. The molecule has 0 unspecified atom stereocenters. The van der Waals surface area contributed by atoms with Crippen LogP contribution in [0.25, 0.3) is 28.0 Å². The Balaban J connectivity index is 2.00. The summed E-state index contributed by atoms with van der Waals surface area (Å²) in [7, 11) is 0. The Hall–Kier alpha value is -2.34. The first-order chi connectivity index (χ1) is 11.1. The molecule has 23 heavy (non-hydrogen) atoms. The Bertz CT molecular complexity index is 921. The number of allylic oxidation sites excluding steroid dienone is 1. The van der Waals surface area contributed by atoms with Gasteiger partial charge in [-0.25, -0.2) is 0 Å². The molecule has 0 aromatic heterocycles. The van der Waals surface area contributed by atoms with Crippen LogP contribution in [-0.4, -0.2) is 0 Å². The van der Waals surface area contributed by atoms with Gasteiger partial charge in [0.15, 0.2) is 0 Å². The molecule has 0 amide bonds. The van der Waals surface area contributed by atoms with Gasteiger partial charge in [0.1, 0.15) is 0 Å². The van der Waals surface area contributed by atoms with Gasteiger partial charge in [0.05, 0.1) is 0 Å². The van der Waals surface area contributed by atoms with E-state index in [-0.39, 0.29) is 0 Å². The monoisotopic (exact) mass is 297 g/mol. The van der Waals surface area contributed by atoms with Crippen LogP contribution in [0.5, 0.6) is 0 Å². The van der Waals surface area contributed by atoms with E-state index in [0.29, 0.717) is 5.92 Å². The zero-order chi connectivity index (χ0) is 16.0. The molecule has 0 nitrogen and oxygen atoms in total. The van der Waals surface area contributed by atoms with E-state index in [4.69, 9.17) is 0 Å². The number of aryl methyl sites for hydroxylation is 1. The molecule has 1 aliphatic carbocycles. The predicted octanol–water partition coefficient (Wildman–Crippen LogP) is 6.42. The van der Waals surface area contributed by atoms with Gasteiger partial charge in [-0.1, -0.05) is 80.1 Å². The Labute approximate surface area is 138 Å². The first-order valence-corrected chi connectivity index (χ1v) is 8.33. The lowest BCUT2D eigenvalue weighted by Gasteiger charge is -2.13. The molecule has 0 saturated heterocycles. The summed E-state index contributed by atoms with van der Waals surface area (Å²) in [5.41, 5.74) is 8.15. The summed E-state index contributed by atoms with van der Waals surface area (Å²) in [5.74, 6) is 0.560. The van der Waals surface area contributed by atoms with E-state index in [9.17, 15) is 0 Å². The SMILES string of the molecule is Cc1cccc2cccc(-c3cccc4c3C=C(C(C)C)[CH]4)c12. The van der Waals surface area contributed by atoms with Crippen LogP contribution in [0.15, 0.2) is 60.2 Å². The molecule has 0 fully saturated rings. The predicted molar refractivity (Wildman–Crippen MR) is 100 cm³/mol. The molecule has 1 radical (unpaired) electrons. The van der Waals surface area contributed by atoms with E-state index in [1.54, 1.807) is 0 Å². The molecule has 1 aliphatic rings. The van der Waals surface area contributed by atoms with Gasteiger partial charge in [-0.2, -0.15) is 0 Å². The van der Waals surface area contributed by atoms with Gasteiger partial charge in [-0.3, -0.25) is 0 Å². The molecule has 3 aromatic carbocycles. The van der Waals surface area contributed by atoms with Crippen LogP contribution in [0.4, 0.5) is 0 Å². The second-order valence-electron chi connectivity index (χ2n) is 6.73. The highest BCUT2D eigenvalue weighted by molar-refractivity contribution is 6.01. The van der Waals surface area contributed by atoms with E-state index >= 15 is 0 Å². The lowest BCUT2D eigenvalue weighted by atomic mass is 9.91. The minimum atomic E-state index is 0.560. The summed E-state index contributed by atoms with van der Waals surface area (Å²) in [6.45, 7) is 6.72. The van der Waals surface area contributed by atoms with Crippen molar-refractivity contribution in [3.8, 4) is 11.1 Å². The fourth-order valence-corrected chi connectivity index (χ4v) is 3.58. The second-order valence-corrected chi connectivity index (χ2v) is 6.73. The number of hydrogen-bond acceptors (Lipinski definition) is 0. The number of rotatable bonds is 2. The number of hydrogen-bond donors (Lipinski definition) is 0. The van der Waals surface area contributed by atoms with Crippen molar-refractivity contribution in [2.75, 3.05) is 0 Å². The summed E-state index contributed by atoms with van der Waals surface area (Å²) in [5, 5.41) is 2.69. The van der Waals surface area contributed by atoms with E-state index in [1.807, 2.05) is 0 Å². The summed E-state index contributed by atoms with van der Waals surface area (Å²) in [6.07, 6.45) is 4.70. The Morgan fingerprint density at radius 1 is 0.783 bits per heavy atom. The van der Waals surface area contributed by atoms with Crippen LogP contribution in [0.2, 0.25) is 0 Å². The largest absolute Gasteiger partial charge is 0.0614 e. The van der Waals surface area contributed by atoms with Gasteiger partial charge in [0, 0.05) is 6.42 Å². The third-order valence-corrected chi connectivity index (χ3v) is 4.84. The summed E-state index contributed by atoms with van der Waals surface area (Å²) in [6, 6.07) is 19.8. The summed E-state index contributed by atoms with van der Waals surface area (Å²) < 4.78 is 0. The Morgan fingerprint density at radius 3 is 2.26 bits per heavy atom. The van der Waals surface area contributed by atoms with Crippen molar-refractivity contribution in [3.63, 3.8) is 0 Å². The molecule has 0 heterocycles. The van der Waals surface area contributed by atoms with Crippen LogP contribution in [0, 0.1) is 19.3 Å². The lowest BCUT2D eigenvalue weighted by molar-refractivity contribution is 0.789. The highest BCUT2D eigenvalue weighted by Crippen LogP contribution is 2.40. The van der Waals surface area contributed by atoms with Gasteiger partial charge in [0.2, 0.25) is 0 Å². The van der Waals surface area contributed by atoms with Gasteiger partial charge in [-0.05, 0) is 51.4 Å². The third-order valence-electron chi connectivity index (χ3n) is 4.84. The molecular formula is C23H21. The average Bonchev–Trinajstić information content (AvgIpc) is 2.99. The highest BCUT2D eigenvalue weighted by atomic mass is 14.2. The molecule has 0 atom stereocenters. The highest BCUT2D eigenvalue weighted by Gasteiger charge is 2.19. The van der Waals surface area contributed by atoms with Crippen LogP contribution in [-0.2, 0) is 0 Å². The minimum Gasteiger partial charge on any atom is -0.0614 e. The smallest absolute Gasteiger partial charge is 0.0167 e. The molecule has 0 bridgehead atoms. The van der Waals surface area contributed by atoms with Crippen LogP contribution >= 0.6 is 0 Å². The van der Waals surface area contributed by atoms with E-state index in [0.717, 1.165) is 0 Å². The first kappa shape index (κ1) is 14.3. The van der Waals surface area contributed by atoms with Crippen LogP contribution < -0.4 is 0 Å². The zero-order valence-electron chi connectivity index (χ0n) is 13.9. The maximum absolute atomic E-state index is 2.37. The lowest BCUT2D eigenvalue weighted by Crippen LogP contribution is -1.91. The standard InChI is InChI=1S/C23H21/c1-15(2)19-13-18-10-6-11-20(22(18)14-19)21-12-5-9-17-8-4-7-16(3)23(17)21/h4-15H,1-3H3. The van der Waals surface area contributed by atoms with Crippen molar-refractivity contribution in [1.29, 1.82) is 0 Å². The van der Waals surface area contributed by atoms with Gasteiger partial charge < -0.3 is 0 Å². The van der Waals surface area contributed by atoms with Crippen molar-refractivity contribution in [3.05, 3.63) is 83.3 Å². The Kier molecular flexibility index (Phi) is 3.34. The molecule has 4 rings (SSSR count). The van der Waals surface area contributed by atoms with Crippen molar-refractivity contribution >= 4 is 16.8 Å². The van der Waals surface area contributed by atoms with Crippen LogP contribution in [0.3, 0.4) is 0 Å². The number of benzene rings is 3. The van der Waals surface area contributed by atoms with Gasteiger partial charge in [-0.15, -0.1) is 0 Å². The molecule has 3 aromatic rings. The van der Waals surface area contributed by atoms with Crippen molar-refractivity contribution in [2.45, 2.75) is 20.8 Å². The fraction of sp³-hybridized carbons (Fsp3) is 0.174. The first-order valence-electron chi connectivity index (χ1n) is 8.33. The maximum atomic E-state index is 2.37. The topological polar surface area (TPSA) is 0 Å². The van der Waals surface area contributed by atoms with Gasteiger partial charge in [0.25, 0.3) is 0 Å². The second kappa shape index (κ2) is 5.38. The molecule has 0 aliphatic heterocycles. The molecule has 0 heteroatoms.